The Morgan fingerprint density at radius 2 is 2.27 bits per heavy atom. The van der Waals surface area contributed by atoms with Gasteiger partial charge in [0.15, 0.2) is 0 Å². The summed E-state index contributed by atoms with van der Waals surface area (Å²) in [6.45, 7) is 7.03. The molecule has 0 aromatic carbocycles. The van der Waals surface area contributed by atoms with Gasteiger partial charge < -0.3 is 9.47 Å². The summed E-state index contributed by atoms with van der Waals surface area (Å²) < 4.78 is 11.0. The molecule has 2 heteroatoms. The van der Waals surface area contributed by atoms with E-state index in [1.165, 1.54) is 5.57 Å². The lowest BCUT2D eigenvalue weighted by Gasteiger charge is -2.27. The van der Waals surface area contributed by atoms with E-state index in [-0.39, 0.29) is 0 Å². The molecule has 0 spiro atoms. The predicted octanol–water partition coefficient (Wildman–Crippen LogP) is 2.91. The van der Waals surface area contributed by atoms with Crippen molar-refractivity contribution in [2.45, 2.75) is 26.7 Å². The van der Waals surface area contributed by atoms with E-state index < -0.39 is 0 Å². The van der Waals surface area contributed by atoms with Crippen LogP contribution in [0.3, 0.4) is 0 Å². The second-order valence-electron chi connectivity index (χ2n) is 4.70. The molecule has 0 atom stereocenters. The molecular weight excluding hydrogens is 188 g/mol. The molecule has 1 aliphatic heterocycles. The summed E-state index contributed by atoms with van der Waals surface area (Å²) >= 11 is 0. The average molecular weight is 208 g/mol. The number of allylic oxidation sites excluding steroid dienone is 3. The van der Waals surface area contributed by atoms with Gasteiger partial charge in [0.1, 0.15) is 5.76 Å². The van der Waals surface area contributed by atoms with E-state index in [9.17, 15) is 0 Å². The van der Waals surface area contributed by atoms with Gasteiger partial charge in [0.2, 0.25) is 0 Å². The van der Waals surface area contributed by atoms with Crippen LogP contribution in [0.4, 0.5) is 0 Å². The van der Waals surface area contributed by atoms with Crippen molar-refractivity contribution < 1.29 is 9.47 Å². The summed E-state index contributed by atoms with van der Waals surface area (Å²) in [7, 11) is 0. The molecule has 0 N–H and O–H groups in total. The van der Waals surface area contributed by atoms with Gasteiger partial charge in [-0.3, -0.25) is 0 Å². The van der Waals surface area contributed by atoms with Crippen LogP contribution in [0.5, 0.6) is 0 Å². The van der Waals surface area contributed by atoms with Crippen molar-refractivity contribution >= 4 is 0 Å². The summed E-state index contributed by atoms with van der Waals surface area (Å²) in [6.07, 6.45) is 6.66. The topological polar surface area (TPSA) is 18.5 Å². The Hall–Kier alpha value is -0.760. The molecule has 0 aromatic rings. The molecule has 0 aromatic heterocycles. The largest absolute Gasteiger partial charge is 0.493 e. The zero-order valence-electron chi connectivity index (χ0n) is 9.66. The maximum absolute atomic E-state index is 5.87. The SMILES string of the molecule is CC(C)C1=C(OCC2COC2)C=CCC1. The van der Waals surface area contributed by atoms with Crippen LogP contribution < -0.4 is 0 Å². The first-order chi connectivity index (χ1) is 7.27. The quantitative estimate of drug-likeness (QED) is 0.707. The molecule has 0 unspecified atom stereocenters. The van der Waals surface area contributed by atoms with Gasteiger partial charge in [-0.15, -0.1) is 0 Å². The summed E-state index contributed by atoms with van der Waals surface area (Å²) in [5, 5.41) is 0. The fraction of sp³-hybridized carbons (Fsp3) is 0.692. The van der Waals surface area contributed by atoms with Crippen molar-refractivity contribution in [3.8, 4) is 0 Å². The molecule has 0 bridgehead atoms. The highest BCUT2D eigenvalue weighted by atomic mass is 16.5. The normalized spacial score (nSPS) is 22.1. The molecule has 1 saturated heterocycles. The van der Waals surface area contributed by atoms with Crippen molar-refractivity contribution in [3.63, 3.8) is 0 Å². The van der Waals surface area contributed by atoms with Crippen molar-refractivity contribution in [1.82, 2.24) is 0 Å². The molecular formula is C13H20O2. The number of rotatable bonds is 4. The van der Waals surface area contributed by atoms with Gasteiger partial charge in [-0.05, 0) is 30.4 Å². The highest BCUT2D eigenvalue weighted by molar-refractivity contribution is 5.25. The Kier molecular flexibility index (Phi) is 3.47. The fourth-order valence-corrected chi connectivity index (χ4v) is 1.96. The molecule has 2 aliphatic rings. The Morgan fingerprint density at radius 3 is 2.87 bits per heavy atom. The fourth-order valence-electron chi connectivity index (χ4n) is 1.96. The maximum atomic E-state index is 5.87. The lowest BCUT2D eigenvalue weighted by molar-refractivity contribution is -0.0606. The first kappa shape index (κ1) is 10.7. The van der Waals surface area contributed by atoms with Crippen molar-refractivity contribution in [2.75, 3.05) is 19.8 Å². The number of hydrogen-bond donors (Lipinski definition) is 0. The first-order valence-electron chi connectivity index (χ1n) is 5.87. The summed E-state index contributed by atoms with van der Waals surface area (Å²) in [5.41, 5.74) is 1.47. The Labute approximate surface area is 92.0 Å². The molecule has 15 heavy (non-hydrogen) atoms. The van der Waals surface area contributed by atoms with E-state index in [1.807, 2.05) is 0 Å². The highest BCUT2D eigenvalue weighted by Gasteiger charge is 2.20. The standard InChI is InChI=1S/C13H20O2/c1-10(2)12-5-3-4-6-13(12)15-9-11-7-14-8-11/h4,6,10-11H,3,5,7-9H2,1-2H3. The van der Waals surface area contributed by atoms with Crippen LogP contribution in [0.15, 0.2) is 23.5 Å². The van der Waals surface area contributed by atoms with E-state index in [4.69, 9.17) is 9.47 Å². The summed E-state index contributed by atoms with van der Waals surface area (Å²) in [5.74, 6) is 2.33. The number of ether oxygens (including phenoxy) is 2. The van der Waals surface area contributed by atoms with Gasteiger partial charge in [0.25, 0.3) is 0 Å². The van der Waals surface area contributed by atoms with E-state index in [0.717, 1.165) is 38.4 Å². The van der Waals surface area contributed by atoms with E-state index in [1.54, 1.807) is 0 Å². The minimum Gasteiger partial charge on any atom is -0.493 e. The van der Waals surface area contributed by atoms with Crippen LogP contribution in [-0.2, 0) is 9.47 Å². The molecule has 2 rings (SSSR count). The van der Waals surface area contributed by atoms with Crippen LogP contribution in [0.2, 0.25) is 0 Å². The lowest BCUT2D eigenvalue weighted by Crippen LogP contribution is -2.31. The molecule has 0 amide bonds. The Bertz CT molecular complexity index is 272. The van der Waals surface area contributed by atoms with E-state index in [0.29, 0.717) is 11.8 Å². The summed E-state index contributed by atoms with van der Waals surface area (Å²) in [6, 6.07) is 0. The van der Waals surface area contributed by atoms with Crippen molar-refractivity contribution in [1.29, 1.82) is 0 Å². The first-order valence-corrected chi connectivity index (χ1v) is 5.87. The van der Waals surface area contributed by atoms with Crippen LogP contribution in [0.1, 0.15) is 26.7 Å². The monoisotopic (exact) mass is 208 g/mol. The molecule has 0 radical (unpaired) electrons. The molecule has 1 aliphatic carbocycles. The zero-order chi connectivity index (χ0) is 10.7. The average Bonchev–Trinajstić information content (AvgIpc) is 2.16. The smallest absolute Gasteiger partial charge is 0.118 e. The van der Waals surface area contributed by atoms with Gasteiger partial charge in [-0.1, -0.05) is 19.9 Å². The van der Waals surface area contributed by atoms with Crippen molar-refractivity contribution in [3.05, 3.63) is 23.5 Å². The molecule has 1 heterocycles. The van der Waals surface area contributed by atoms with Crippen LogP contribution in [0.25, 0.3) is 0 Å². The minimum atomic E-state index is 0.600. The van der Waals surface area contributed by atoms with Crippen LogP contribution in [-0.4, -0.2) is 19.8 Å². The third kappa shape index (κ3) is 2.63. The Morgan fingerprint density at radius 1 is 1.47 bits per heavy atom. The maximum Gasteiger partial charge on any atom is 0.118 e. The second-order valence-corrected chi connectivity index (χ2v) is 4.70. The van der Waals surface area contributed by atoms with Gasteiger partial charge in [0.05, 0.1) is 19.8 Å². The molecule has 2 nitrogen and oxygen atoms in total. The predicted molar refractivity (Wildman–Crippen MR) is 60.5 cm³/mol. The molecule has 84 valence electrons. The van der Waals surface area contributed by atoms with Gasteiger partial charge in [0, 0.05) is 5.92 Å². The third-order valence-electron chi connectivity index (χ3n) is 3.04. The van der Waals surface area contributed by atoms with Gasteiger partial charge >= 0.3 is 0 Å². The molecule has 1 fully saturated rings. The highest BCUT2D eigenvalue weighted by Crippen LogP contribution is 2.27. The Balaban J connectivity index is 1.93. The lowest BCUT2D eigenvalue weighted by atomic mass is 9.93. The zero-order valence-corrected chi connectivity index (χ0v) is 9.66. The van der Waals surface area contributed by atoms with Gasteiger partial charge in [-0.2, -0.15) is 0 Å². The minimum absolute atomic E-state index is 0.600. The van der Waals surface area contributed by atoms with E-state index in [2.05, 4.69) is 26.0 Å². The van der Waals surface area contributed by atoms with Crippen LogP contribution >= 0.6 is 0 Å². The summed E-state index contributed by atoms with van der Waals surface area (Å²) in [4.78, 5) is 0. The van der Waals surface area contributed by atoms with E-state index >= 15 is 0 Å². The third-order valence-corrected chi connectivity index (χ3v) is 3.04. The second kappa shape index (κ2) is 4.84. The van der Waals surface area contributed by atoms with Crippen molar-refractivity contribution in [2.24, 2.45) is 11.8 Å². The van der Waals surface area contributed by atoms with Crippen LogP contribution in [0, 0.1) is 11.8 Å². The number of hydrogen-bond acceptors (Lipinski definition) is 2. The van der Waals surface area contributed by atoms with Gasteiger partial charge in [-0.25, -0.2) is 0 Å². The molecule has 0 saturated carbocycles.